The van der Waals surface area contributed by atoms with Crippen LogP contribution < -0.4 is 5.73 Å². The van der Waals surface area contributed by atoms with E-state index in [0.29, 0.717) is 26.1 Å². The molecule has 0 unspecified atom stereocenters. The van der Waals surface area contributed by atoms with Crippen molar-refractivity contribution >= 4 is 17.8 Å². The zero-order valence-corrected chi connectivity index (χ0v) is 9.42. The molecular weight excluding hydrogens is 228 g/mol. The molecule has 1 aliphatic rings. The van der Waals surface area contributed by atoms with Crippen LogP contribution in [0.3, 0.4) is 0 Å². The van der Waals surface area contributed by atoms with Crippen LogP contribution in [0.5, 0.6) is 0 Å². The van der Waals surface area contributed by atoms with Gasteiger partial charge in [0, 0.05) is 19.1 Å². The Kier molecular flexibility index (Phi) is 4.89. The normalized spacial score (nSPS) is 16.5. The summed E-state index contributed by atoms with van der Waals surface area (Å²) in [7, 11) is 0. The van der Waals surface area contributed by atoms with E-state index in [1.807, 2.05) is 0 Å². The van der Waals surface area contributed by atoms with Crippen LogP contribution >= 0.6 is 0 Å². The number of amides is 2. The number of carbonyl (C=O) groups excluding carboxylic acids is 2. The lowest BCUT2D eigenvalue weighted by Crippen LogP contribution is -2.45. The molecule has 1 aliphatic heterocycles. The van der Waals surface area contributed by atoms with Crippen LogP contribution in [0.1, 0.15) is 12.8 Å². The van der Waals surface area contributed by atoms with Gasteiger partial charge in [0.1, 0.15) is 6.54 Å². The molecule has 2 amide bonds. The smallest absolute Gasteiger partial charge is 0.323 e. The minimum Gasteiger partial charge on any atom is -0.480 e. The first-order valence-corrected chi connectivity index (χ1v) is 5.37. The topological polar surface area (TPSA) is 110 Å². The lowest BCUT2D eigenvalue weighted by molar-refractivity contribution is -0.149. The highest BCUT2D eigenvalue weighted by atomic mass is 16.5. The molecular formula is C10H16N2O5. The summed E-state index contributed by atoms with van der Waals surface area (Å²) in [6, 6.07) is 0. The van der Waals surface area contributed by atoms with E-state index in [1.54, 1.807) is 0 Å². The van der Waals surface area contributed by atoms with E-state index in [9.17, 15) is 14.4 Å². The Bertz CT molecular complexity index is 296. The van der Waals surface area contributed by atoms with E-state index in [2.05, 4.69) is 0 Å². The molecule has 0 saturated carbocycles. The van der Waals surface area contributed by atoms with Gasteiger partial charge in [-0.2, -0.15) is 0 Å². The quantitative estimate of drug-likeness (QED) is 0.632. The number of carboxylic acid groups (broad SMARTS) is 1. The number of hydrogen-bond acceptors (Lipinski definition) is 4. The van der Waals surface area contributed by atoms with Crippen LogP contribution in [0.4, 0.5) is 0 Å². The summed E-state index contributed by atoms with van der Waals surface area (Å²) in [5.74, 6) is -2.49. The maximum Gasteiger partial charge on any atom is 0.323 e. The van der Waals surface area contributed by atoms with Crippen LogP contribution in [0.25, 0.3) is 0 Å². The third-order valence-electron chi connectivity index (χ3n) is 2.56. The van der Waals surface area contributed by atoms with Gasteiger partial charge in [0.15, 0.2) is 0 Å². The molecule has 3 N–H and O–H groups in total. The number of ether oxygens (including phenoxy) is 1. The maximum atomic E-state index is 12.0. The van der Waals surface area contributed by atoms with Crippen molar-refractivity contribution in [3.8, 4) is 0 Å². The fourth-order valence-corrected chi connectivity index (χ4v) is 1.77. The number of nitrogens with two attached hydrogens (primary N) is 1. The van der Waals surface area contributed by atoms with Gasteiger partial charge in [0.25, 0.3) is 0 Å². The molecule has 0 radical (unpaired) electrons. The van der Waals surface area contributed by atoms with E-state index >= 15 is 0 Å². The number of rotatable bonds is 5. The molecule has 1 heterocycles. The monoisotopic (exact) mass is 244 g/mol. The lowest BCUT2D eigenvalue weighted by atomic mass is 9.98. The van der Waals surface area contributed by atoms with Gasteiger partial charge in [-0.1, -0.05) is 0 Å². The van der Waals surface area contributed by atoms with Crippen molar-refractivity contribution in [3.63, 3.8) is 0 Å². The van der Waals surface area contributed by atoms with Crippen molar-refractivity contribution in [1.82, 2.24) is 4.90 Å². The predicted octanol–water partition coefficient (Wildman–Crippen LogP) is -1.19. The van der Waals surface area contributed by atoms with E-state index < -0.39 is 18.4 Å². The molecule has 7 nitrogen and oxygen atoms in total. The largest absolute Gasteiger partial charge is 0.480 e. The van der Waals surface area contributed by atoms with Crippen LogP contribution in [0, 0.1) is 5.92 Å². The van der Waals surface area contributed by atoms with Crippen molar-refractivity contribution in [2.75, 3.05) is 26.3 Å². The summed E-state index contributed by atoms with van der Waals surface area (Å²) >= 11 is 0. The zero-order chi connectivity index (χ0) is 12.8. The van der Waals surface area contributed by atoms with Gasteiger partial charge in [-0.05, 0) is 12.8 Å². The average molecular weight is 244 g/mol. The second-order valence-corrected chi connectivity index (χ2v) is 3.94. The minimum absolute atomic E-state index is 0.276. The van der Waals surface area contributed by atoms with Gasteiger partial charge in [-0.3, -0.25) is 14.4 Å². The third-order valence-corrected chi connectivity index (χ3v) is 2.56. The Morgan fingerprint density at radius 1 is 1.24 bits per heavy atom. The van der Waals surface area contributed by atoms with Crippen LogP contribution in [0.2, 0.25) is 0 Å². The zero-order valence-electron chi connectivity index (χ0n) is 9.42. The molecule has 0 atom stereocenters. The average Bonchev–Trinajstić information content (AvgIpc) is 2.27. The van der Waals surface area contributed by atoms with E-state index in [0.717, 1.165) is 4.90 Å². The molecule has 1 rings (SSSR count). The predicted molar refractivity (Wildman–Crippen MR) is 57.0 cm³/mol. The highest BCUT2D eigenvalue weighted by Gasteiger charge is 2.28. The fourth-order valence-electron chi connectivity index (χ4n) is 1.77. The van der Waals surface area contributed by atoms with Gasteiger partial charge >= 0.3 is 5.97 Å². The molecule has 0 spiro atoms. The van der Waals surface area contributed by atoms with Gasteiger partial charge in [0.2, 0.25) is 11.8 Å². The van der Waals surface area contributed by atoms with Crippen molar-refractivity contribution in [2.24, 2.45) is 11.7 Å². The summed E-state index contributed by atoms with van der Waals surface area (Å²) in [5, 5.41) is 8.67. The fraction of sp³-hybridized carbons (Fsp3) is 0.700. The second kappa shape index (κ2) is 6.19. The van der Waals surface area contributed by atoms with Crippen molar-refractivity contribution in [3.05, 3.63) is 0 Å². The number of hydrogen-bond donors (Lipinski definition) is 2. The number of primary amides is 1. The first-order chi connectivity index (χ1) is 8.00. The molecule has 0 bridgehead atoms. The molecule has 1 saturated heterocycles. The van der Waals surface area contributed by atoms with E-state index in [1.165, 1.54) is 0 Å². The summed E-state index contributed by atoms with van der Waals surface area (Å²) in [6.45, 7) is 0.101. The molecule has 0 aliphatic carbocycles. The Hall–Kier alpha value is -1.63. The van der Waals surface area contributed by atoms with Gasteiger partial charge in [-0.25, -0.2) is 0 Å². The summed E-state index contributed by atoms with van der Waals surface area (Å²) in [4.78, 5) is 34.4. The first-order valence-electron chi connectivity index (χ1n) is 5.37. The van der Waals surface area contributed by atoms with Crippen molar-refractivity contribution < 1.29 is 24.2 Å². The number of nitrogens with zero attached hydrogens (tertiary/aromatic N) is 1. The van der Waals surface area contributed by atoms with Crippen LogP contribution in [-0.4, -0.2) is 54.1 Å². The summed E-state index contributed by atoms with van der Waals surface area (Å²) < 4.78 is 5.11. The van der Waals surface area contributed by atoms with Gasteiger partial charge in [-0.15, -0.1) is 0 Å². The van der Waals surface area contributed by atoms with E-state index in [4.69, 9.17) is 15.6 Å². The molecule has 17 heavy (non-hydrogen) atoms. The van der Waals surface area contributed by atoms with E-state index in [-0.39, 0.29) is 18.4 Å². The lowest BCUT2D eigenvalue weighted by Gasteiger charge is -2.27. The number of carbonyl (C=O) groups is 3. The van der Waals surface area contributed by atoms with Gasteiger partial charge in [0.05, 0.1) is 6.54 Å². The Morgan fingerprint density at radius 2 is 1.82 bits per heavy atom. The second-order valence-electron chi connectivity index (χ2n) is 3.94. The highest BCUT2D eigenvalue weighted by molar-refractivity contribution is 5.87. The number of carboxylic acids is 1. The number of aliphatic carboxylic acids is 1. The van der Waals surface area contributed by atoms with Crippen LogP contribution in [0.15, 0.2) is 0 Å². The molecule has 1 fully saturated rings. The summed E-state index contributed by atoms with van der Waals surface area (Å²) in [5.41, 5.74) is 4.99. The Morgan fingerprint density at radius 3 is 2.29 bits per heavy atom. The highest BCUT2D eigenvalue weighted by Crippen LogP contribution is 2.17. The SMILES string of the molecule is NC(=O)CN(CC(=O)O)C(=O)C1CCOCC1. The minimum atomic E-state index is -1.16. The van der Waals surface area contributed by atoms with Crippen molar-refractivity contribution in [2.45, 2.75) is 12.8 Å². The Labute approximate surface area is 98.5 Å². The molecule has 0 aromatic carbocycles. The third kappa shape index (κ3) is 4.39. The van der Waals surface area contributed by atoms with Crippen LogP contribution in [-0.2, 0) is 19.1 Å². The van der Waals surface area contributed by atoms with Gasteiger partial charge < -0.3 is 20.5 Å². The Balaban J connectivity index is 2.63. The summed E-state index contributed by atoms with van der Waals surface area (Å²) in [6.07, 6.45) is 1.10. The standard InChI is InChI=1S/C10H16N2O5/c11-8(13)5-12(6-9(14)15)10(16)7-1-3-17-4-2-7/h7H,1-6H2,(H2,11,13)(H,14,15). The molecule has 96 valence electrons. The molecule has 7 heteroatoms. The first kappa shape index (κ1) is 13.4. The molecule has 0 aromatic heterocycles. The maximum absolute atomic E-state index is 12.0. The molecule has 0 aromatic rings. The van der Waals surface area contributed by atoms with Crippen molar-refractivity contribution in [1.29, 1.82) is 0 Å².